The maximum Gasteiger partial charge on any atom is 0.296 e. The Labute approximate surface area is 59.4 Å². The van der Waals surface area contributed by atoms with Crippen molar-refractivity contribution < 1.29 is 4.42 Å². The van der Waals surface area contributed by atoms with Crippen LogP contribution in [0.1, 0.15) is 13.8 Å². The highest BCUT2D eigenvalue weighted by atomic mass is 16.4. The van der Waals surface area contributed by atoms with Gasteiger partial charge in [-0.2, -0.15) is 4.98 Å². The van der Waals surface area contributed by atoms with E-state index in [0.29, 0.717) is 17.9 Å². The zero-order valence-electron chi connectivity index (χ0n) is 6.09. The molecule has 4 nitrogen and oxygen atoms in total. The lowest BCUT2D eigenvalue weighted by molar-refractivity contribution is 0.582. The van der Waals surface area contributed by atoms with Gasteiger partial charge in [0.1, 0.15) is 0 Å². The number of nitrogens with one attached hydrogen (secondary N) is 1. The van der Waals surface area contributed by atoms with Crippen LogP contribution >= 0.6 is 0 Å². The minimum Gasteiger partial charge on any atom is -0.408 e. The molecule has 0 aliphatic heterocycles. The summed E-state index contributed by atoms with van der Waals surface area (Å²) in [5.74, 6) is 0.336. The first-order valence-corrected chi connectivity index (χ1v) is 3.16. The second-order valence-electron chi connectivity index (χ2n) is 2.37. The van der Waals surface area contributed by atoms with Gasteiger partial charge >= 0.3 is 0 Å². The fraction of sp³-hybridized carbons (Fsp3) is 0.500. The lowest BCUT2D eigenvalue weighted by atomic mass is 10.4. The fourth-order valence-electron chi connectivity index (χ4n) is 0.600. The summed E-state index contributed by atoms with van der Waals surface area (Å²) >= 11 is 0. The van der Waals surface area contributed by atoms with Gasteiger partial charge in [-0.15, -0.1) is 0 Å². The molecule has 1 aromatic heterocycles. The molecule has 1 heterocycles. The minimum atomic E-state index is 0.318. The zero-order valence-corrected chi connectivity index (χ0v) is 6.09. The number of oxazole rings is 1. The number of aromatic nitrogens is 1. The molecular weight excluding hydrogens is 130 g/mol. The van der Waals surface area contributed by atoms with E-state index in [1.807, 2.05) is 13.8 Å². The van der Waals surface area contributed by atoms with Crippen molar-refractivity contribution in [3.63, 3.8) is 0 Å². The molecule has 10 heavy (non-hydrogen) atoms. The van der Waals surface area contributed by atoms with E-state index in [9.17, 15) is 0 Å². The van der Waals surface area contributed by atoms with Gasteiger partial charge in [0.25, 0.3) is 6.01 Å². The number of hydrogen-bond donors (Lipinski definition) is 2. The van der Waals surface area contributed by atoms with Gasteiger partial charge in [-0.05, 0) is 13.8 Å². The minimum absolute atomic E-state index is 0.318. The Morgan fingerprint density at radius 2 is 2.40 bits per heavy atom. The molecule has 1 rings (SSSR count). The van der Waals surface area contributed by atoms with Crippen molar-refractivity contribution in [3.8, 4) is 0 Å². The fourth-order valence-corrected chi connectivity index (χ4v) is 0.600. The van der Waals surface area contributed by atoms with Crippen LogP contribution in [-0.4, -0.2) is 11.0 Å². The van der Waals surface area contributed by atoms with Crippen LogP contribution in [0.2, 0.25) is 0 Å². The van der Waals surface area contributed by atoms with E-state index in [-0.39, 0.29) is 0 Å². The molecule has 3 N–H and O–H groups in total. The van der Waals surface area contributed by atoms with Crippen LogP contribution in [-0.2, 0) is 0 Å². The van der Waals surface area contributed by atoms with Crippen LogP contribution in [0.25, 0.3) is 0 Å². The normalized spacial score (nSPS) is 10.3. The number of nitrogens with two attached hydrogens (primary N) is 1. The molecule has 0 aliphatic rings. The lowest BCUT2D eigenvalue weighted by Gasteiger charge is -2.02. The van der Waals surface area contributed by atoms with Crippen molar-refractivity contribution in [2.45, 2.75) is 19.9 Å². The molecule has 0 aromatic carbocycles. The number of nitrogens with zero attached hydrogens (tertiary/aromatic N) is 1. The number of hydrogen-bond acceptors (Lipinski definition) is 4. The molecule has 0 unspecified atom stereocenters. The summed E-state index contributed by atoms with van der Waals surface area (Å²) in [6, 6.07) is 0.797. The Morgan fingerprint density at radius 1 is 1.70 bits per heavy atom. The van der Waals surface area contributed by atoms with Crippen LogP contribution in [0.4, 0.5) is 11.9 Å². The van der Waals surface area contributed by atoms with Crippen molar-refractivity contribution in [2.24, 2.45) is 0 Å². The number of anilines is 2. The third-order valence-electron chi connectivity index (χ3n) is 0.936. The van der Waals surface area contributed by atoms with Crippen molar-refractivity contribution in [1.82, 2.24) is 4.98 Å². The number of rotatable bonds is 2. The van der Waals surface area contributed by atoms with E-state index in [1.165, 1.54) is 6.20 Å². The highest BCUT2D eigenvalue weighted by molar-refractivity contribution is 5.29. The smallest absolute Gasteiger partial charge is 0.296 e. The second kappa shape index (κ2) is 2.60. The maximum absolute atomic E-state index is 5.29. The average Bonchev–Trinajstić information content (AvgIpc) is 2.13. The quantitative estimate of drug-likeness (QED) is 0.646. The molecule has 0 saturated heterocycles. The van der Waals surface area contributed by atoms with Crippen LogP contribution < -0.4 is 11.1 Å². The maximum atomic E-state index is 5.29. The predicted octanol–water partition coefficient (Wildman–Crippen LogP) is 1.08. The van der Waals surface area contributed by atoms with Gasteiger partial charge < -0.3 is 15.5 Å². The summed E-state index contributed by atoms with van der Waals surface area (Å²) in [6.07, 6.45) is 1.48. The van der Waals surface area contributed by atoms with Gasteiger partial charge in [-0.3, -0.25) is 0 Å². The van der Waals surface area contributed by atoms with E-state index >= 15 is 0 Å². The van der Waals surface area contributed by atoms with E-state index in [1.54, 1.807) is 0 Å². The molecule has 0 saturated carbocycles. The first kappa shape index (κ1) is 6.92. The van der Waals surface area contributed by atoms with Gasteiger partial charge in [-0.25, -0.2) is 0 Å². The van der Waals surface area contributed by atoms with E-state index in [4.69, 9.17) is 10.2 Å². The molecule has 56 valence electrons. The molecule has 0 spiro atoms. The topological polar surface area (TPSA) is 64.1 Å². The number of nitrogen functional groups attached to an aromatic ring is 1. The largest absolute Gasteiger partial charge is 0.408 e. The standard InChI is InChI=1S/C6H11N3O/c1-4(2)9-6-8-3-5(7)10-6/h3-4H,7H2,1-2H3,(H,8,9). The van der Waals surface area contributed by atoms with Crippen molar-refractivity contribution in [1.29, 1.82) is 0 Å². The van der Waals surface area contributed by atoms with Gasteiger partial charge in [0.15, 0.2) is 0 Å². The lowest BCUT2D eigenvalue weighted by Crippen LogP contribution is -2.09. The van der Waals surface area contributed by atoms with Crippen LogP contribution in [0.15, 0.2) is 10.6 Å². The first-order valence-electron chi connectivity index (χ1n) is 3.16. The van der Waals surface area contributed by atoms with Gasteiger partial charge in [-0.1, -0.05) is 0 Å². The molecule has 0 bridgehead atoms. The third kappa shape index (κ3) is 1.65. The first-order chi connectivity index (χ1) is 4.68. The summed E-state index contributed by atoms with van der Waals surface area (Å²) in [5.41, 5.74) is 5.29. The molecule has 0 aliphatic carbocycles. The van der Waals surface area contributed by atoms with Crippen molar-refractivity contribution in [2.75, 3.05) is 11.1 Å². The summed E-state index contributed by atoms with van der Waals surface area (Å²) < 4.78 is 4.95. The van der Waals surface area contributed by atoms with Crippen molar-refractivity contribution in [3.05, 3.63) is 6.20 Å². The Morgan fingerprint density at radius 3 is 2.80 bits per heavy atom. The Balaban J connectivity index is 2.58. The average molecular weight is 141 g/mol. The summed E-state index contributed by atoms with van der Waals surface area (Å²) in [7, 11) is 0. The Hall–Kier alpha value is -1.19. The predicted molar refractivity (Wildman–Crippen MR) is 39.7 cm³/mol. The highest BCUT2D eigenvalue weighted by Crippen LogP contribution is 2.10. The van der Waals surface area contributed by atoms with E-state index in [2.05, 4.69) is 10.3 Å². The molecular formula is C6H11N3O. The van der Waals surface area contributed by atoms with Gasteiger partial charge in [0.05, 0.1) is 6.20 Å². The molecule has 0 radical (unpaired) electrons. The third-order valence-corrected chi connectivity index (χ3v) is 0.936. The molecule has 0 atom stereocenters. The SMILES string of the molecule is CC(C)Nc1ncc(N)o1. The molecule has 0 fully saturated rings. The molecule has 0 amide bonds. The molecule has 4 heteroatoms. The summed E-state index contributed by atoms with van der Waals surface area (Å²) in [6.45, 7) is 4.00. The summed E-state index contributed by atoms with van der Waals surface area (Å²) in [5, 5.41) is 2.97. The van der Waals surface area contributed by atoms with E-state index < -0.39 is 0 Å². The van der Waals surface area contributed by atoms with Gasteiger partial charge in [0, 0.05) is 6.04 Å². The van der Waals surface area contributed by atoms with E-state index in [0.717, 1.165) is 0 Å². The zero-order chi connectivity index (χ0) is 7.56. The van der Waals surface area contributed by atoms with Crippen LogP contribution in [0, 0.1) is 0 Å². The second-order valence-corrected chi connectivity index (χ2v) is 2.37. The summed E-state index contributed by atoms with van der Waals surface area (Å²) in [4.78, 5) is 3.85. The van der Waals surface area contributed by atoms with Gasteiger partial charge in [0.2, 0.25) is 5.88 Å². The monoisotopic (exact) mass is 141 g/mol. The molecule has 1 aromatic rings. The Bertz CT molecular complexity index is 207. The van der Waals surface area contributed by atoms with Crippen molar-refractivity contribution >= 4 is 11.9 Å². The van der Waals surface area contributed by atoms with Crippen LogP contribution in [0.5, 0.6) is 0 Å². The highest BCUT2D eigenvalue weighted by Gasteiger charge is 2.00. The van der Waals surface area contributed by atoms with Crippen LogP contribution in [0.3, 0.4) is 0 Å². The Kier molecular flexibility index (Phi) is 1.80.